The van der Waals surface area contributed by atoms with Gasteiger partial charge in [-0.05, 0) is 56.2 Å². The lowest BCUT2D eigenvalue weighted by molar-refractivity contribution is -0.124. The van der Waals surface area contributed by atoms with Crippen LogP contribution in [0, 0.1) is 6.92 Å². The summed E-state index contributed by atoms with van der Waals surface area (Å²) in [5, 5.41) is 6.74. The highest BCUT2D eigenvalue weighted by atomic mass is 16.2. The molecule has 0 atom stereocenters. The van der Waals surface area contributed by atoms with E-state index in [-0.39, 0.29) is 24.7 Å². The molecule has 6 heteroatoms. The second-order valence-corrected chi connectivity index (χ2v) is 6.47. The zero-order chi connectivity index (χ0) is 20.4. The maximum absolute atomic E-state index is 11.9. The average molecular weight is 380 g/mol. The van der Waals surface area contributed by atoms with E-state index in [0.29, 0.717) is 0 Å². The first kappa shape index (κ1) is 21.2. The van der Waals surface area contributed by atoms with Crippen molar-refractivity contribution in [2.45, 2.75) is 33.6 Å². The number of aryl methyl sites for hydroxylation is 1. The molecular formula is C22H28N4O2. The molecular weight excluding hydrogens is 352 g/mol. The molecule has 0 radical (unpaired) electrons. The number of hydrazone groups is 1. The van der Waals surface area contributed by atoms with Gasteiger partial charge in [0.2, 0.25) is 11.8 Å². The van der Waals surface area contributed by atoms with Crippen molar-refractivity contribution in [3.63, 3.8) is 0 Å². The fraction of sp³-hybridized carbons (Fsp3) is 0.318. The molecule has 6 nitrogen and oxygen atoms in total. The molecule has 0 aliphatic carbocycles. The molecule has 2 amide bonds. The molecule has 28 heavy (non-hydrogen) atoms. The van der Waals surface area contributed by atoms with E-state index in [9.17, 15) is 9.59 Å². The quantitative estimate of drug-likeness (QED) is 0.514. The maximum atomic E-state index is 11.9. The molecule has 0 aromatic heterocycles. The van der Waals surface area contributed by atoms with Gasteiger partial charge < -0.3 is 10.2 Å². The van der Waals surface area contributed by atoms with Crippen molar-refractivity contribution in [2.75, 3.05) is 23.3 Å². The monoisotopic (exact) mass is 380 g/mol. The molecule has 0 fully saturated rings. The smallest absolute Gasteiger partial charge is 0.240 e. The lowest BCUT2D eigenvalue weighted by atomic mass is 10.2. The minimum absolute atomic E-state index is 0.0793. The minimum Gasteiger partial charge on any atom is -0.372 e. The zero-order valence-electron chi connectivity index (χ0n) is 16.7. The predicted octanol–water partition coefficient (Wildman–Crippen LogP) is 3.71. The highest BCUT2D eigenvalue weighted by molar-refractivity contribution is 5.93. The lowest BCUT2D eigenvalue weighted by Crippen LogP contribution is -2.21. The van der Waals surface area contributed by atoms with Crippen LogP contribution in [0.2, 0.25) is 0 Å². The van der Waals surface area contributed by atoms with Crippen molar-refractivity contribution >= 4 is 29.4 Å². The number of nitrogens with zero attached hydrogens (tertiary/aromatic N) is 2. The summed E-state index contributed by atoms with van der Waals surface area (Å²) in [6.45, 7) is 8.11. The molecule has 0 unspecified atom stereocenters. The van der Waals surface area contributed by atoms with Crippen molar-refractivity contribution in [3.05, 3.63) is 59.7 Å². The van der Waals surface area contributed by atoms with Crippen molar-refractivity contribution in [1.29, 1.82) is 0 Å². The zero-order valence-corrected chi connectivity index (χ0v) is 16.7. The summed E-state index contributed by atoms with van der Waals surface area (Å²) >= 11 is 0. The SMILES string of the molecule is CCN(CC)c1ccc(/C=N\NC(=O)CCC(=O)Nc2cccc(C)c2)cc1. The summed E-state index contributed by atoms with van der Waals surface area (Å²) in [5.41, 5.74) is 6.31. The number of carbonyl (C=O) groups is 2. The van der Waals surface area contributed by atoms with Crippen LogP contribution in [-0.2, 0) is 9.59 Å². The number of hydrogen-bond acceptors (Lipinski definition) is 4. The molecule has 2 N–H and O–H groups in total. The summed E-state index contributed by atoms with van der Waals surface area (Å²) in [7, 11) is 0. The normalized spacial score (nSPS) is 10.7. The molecule has 0 saturated carbocycles. The van der Waals surface area contributed by atoms with Gasteiger partial charge in [0.15, 0.2) is 0 Å². The van der Waals surface area contributed by atoms with Crippen LogP contribution in [0.3, 0.4) is 0 Å². The first-order valence-electron chi connectivity index (χ1n) is 9.55. The Labute approximate surface area is 166 Å². The third kappa shape index (κ3) is 6.87. The number of benzene rings is 2. The molecule has 2 aromatic rings. The average Bonchev–Trinajstić information content (AvgIpc) is 2.68. The van der Waals surface area contributed by atoms with Gasteiger partial charge in [-0.25, -0.2) is 5.43 Å². The van der Waals surface area contributed by atoms with Gasteiger partial charge in [-0.2, -0.15) is 5.10 Å². The van der Waals surface area contributed by atoms with Crippen LogP contribution in [0.25, 0.3) is 0 Å². The van der Waals surface area contributed by atoms with Gasteiger partial charge in [0, 0.05) is 37.3 Å². The van der Waals surface area contributed by atoms with Gasteiger partial charge in [0.05, 0.1) is 6.21 Å². The van der Waals surface area contributed by atoms with Crippen LogP contribution in [-0.4, -0.2) is 31.1 Å². The Bertz CT molecular complexity index is 812. The molecule has 2 rings (SSSR count). The largest absolute Gasteiger partial charge is 0.372 e. The highest BCUT2D eigenvalue weighted by Gasteiger charge is 2.07. The minimum atomic E-state index is -0.296. The topological polar surface area (TPSA) is 73.8 Å². The molecule has 0 saturated heterocycles. The van der Waals surface area contributed by atoms with Crippen LogP contribution in [0.4, 0.5) is 11.4 Å². The molecule has 0 heterocycles. The summed E-state index contributed by atoms with van der Waals surface area (Å²) in [6, 6.07) is 15.5. The Morgan fingerprint density at radius 2 is 1.68 bits per heavy atom. The van der Waals surface area contributed by atoms with Crippen LogP contribution in [0.5, 0.6) is 0 Å². The number of hydrogen-bond donors (Lipinski definition) is 2. The Kier molecular flexibility index (Phi) is 8.21. The van der Waals surface area contributed by atoms with Crippen LogP contribution < -0.4 is 15.6 Å². The first-order valence-corrected chi connectivity index (χ1v) is 9.55. The molecule has 0 spiro atoms. The fourth-order valence-electron chi connectivity index (χ4n) is 2.77. The van der Waals surface area contributed by atoms with Gasteiger partial charge in [-0.1, -0.05) is 24.3 Å². The highest BCUT2D eigenvalue weighted by Crippen LogP contribution is 2.14. The van der Waals surface area contributed by atoms with Crippen molar-refractivity contribution in [2.24, 2.45) is 5.10 Å². The van der Waals surface area contributed by atoms with Crippen LogP contribution in [0.15, 0.2) is 53.6 Å². The summed E-state index contributed by atoms with van der Waals surface area (Å²) in [4.78, 5) is 26.0. The van der Waals surface area contributed by atoms with E-state index in [1.54, 1.807) is 6.21 Å². The van der Waals surface area contributed by atoms with Gasteiger partial charge in [-0.15, -0.1) is 0 Å². The fourth-order valence-corrected chi connectivity index (χ4v) is 2.77. The Balaban J connectivity index is 1.75. The van der Waals surface area contributed by atoms with Gasteiger partial charge >= 0.3 is 0 Å². The van der Waals surface area contributed by atoms with E-state index in [0.717, 1.165) is 35.6 Å². The second kappa shape index (κ2) is 10.9. The molecule has 0 aliphatic heterocycles. The van der Waals surface area contributed by atoms with Crippen molar-refractivity contribution in [3.8, 4) is 0 Å². The number of rotatable bonds is 9. The van der Waals surface area contributed by atoms with Crippen molar-refractivity contribution < 1.29 is 9.59 Å². The summed E-state index contributed by atoms with van der Waals surface area (Å²) in [5.74, 6) is -0.493. The van der Waals surface area contributed by atoms with Crippen molar-refractivity contribution in [1.82, 2.24) is 5.43 Å². The molecule has 0 bridgehead atoms. The Morgan fingerprint density at radius 3 is 2.32 bits per heavy atom. The van der Waals surface area contributed by atoms with Crippen LogP contribution in [0.1, 0.15) is 37.8 Å². The summed E-state index contributed by atoms with van der Waals surface area (Å²) in [6.07, 6.45) is 1.78. The van der Waals surface area contributed by atoms with Crippen LogP contribution >= 0.6 is 0 Å². The third-order valence-corrected chi connectivity index (χ3v) is 4.31. The third-order valence-electron chi connectivity index (χ3n) is 4.31. The maximum Gasteiger partial charge on any atom is 0.240 e. The number of nitrogens with one attached hydrogen (secondary N) is 2. The van der Waals surface area contributed by atoms with Gasteiger partial charge in [-0.3, -0.25) is 9.59 Å². The van der Waals surface area contributed by atoms with E-state index < -0.39 is 0 Å². The van der Waals surface area contributed by atoms with E-state index in [1.165, 1.54) is 0 Å². The van der Waals surface area contributed by atoms with E-state index in [2.05, 4.69) is 34.6 Å². The van der Waals surface area contributed by atoms with Gasteiger partial charge in [0.25, 0.3) is 0 Å². The molecule has 148 valence electrons. The summed E-state index contributed by atoms with van der Waals surface area (Å²) < 4.78 is 0. The number of amides is 2. The van der Waals surface area contributed by atoms with Gasteiger partial charge in [0.1, 0.15) is 0 Å². The lowest BCUT2D eigenvalue weighted by Gasteiger charge is -2.20. The molecule has 2 aromatic carbocycles. The predicted molar refractivity (Wildman–Crippen MR) is 115 cm³/mol. The number of carbonyl (C=O) groups excluding carboxylic acids is 2. The standard InChI is InChI=1S/C22H28N4O2/c1-4-26(5-2)20-11-9-18(10-12-20)16-23-25-22(28)14-13-21(27)24-19-8-6-7-17(3)15-19/h6-12,15-16H,4-5,13-14H2,1-3H3,(H,24,27)(H,25,28)/b23-16-. The van der Waals surface area contributed by atoms with E-state index >= 15 is 0 Å². The second-order valence-electron chi connectivity index (χ2n) is 6.47. The van der Waals surface area contributed by atoms with E-state index in [1.807, 2.05) is 55.5 Å². The van der Waals surface area contributed by atoms with E-state index in [4.69, 9.17) is 0 Å². The number of anilines is 2. The molecule has 0 aliphatic rings. The first-order chi connectivity index (χ1) is 13.5. The Hall–Kier alpha value is -3.15. The Morgan fingerprint density at radius 1 is 1.00 bits per heavy atom.